The number of aliphatic imine (C=N–C) groups is 1. The van der Waals surface area contributed by atoms with Crippen molar-refractivity contribution in [1.82, 2.24) is 15.1 Å². The van der Waals surface area contributed by atoms with Crippen molar-refractivity contribution >= 4 is 41.8 Å². The Balaban J connectivity index is 0.00000272. The Morgan fingerprint density at radius 1 is 1.00 bits per heavy atom. The average Bonchev–Trinajstić information content (AvgIpc) is 3.03. The van der Waals surface area contributed by atoms with E-state index in [1.54, 1.807) is 31.3 Å². The van der Waals surface area contributed by atoms with Crippen LogP contribution >= 0.6 is 24.0 Å². The van der Waals surface area contributed by atoms with Crippen molar-refractivity contribution in [3.8, 4) is 5.75 Å². The van der Waals surface area contributed by atoms with Crippen LogP contribution in [0.1, 0.15) is 33.6 Å². The Morgan fingerprint density at radius 2 is 1.58 bits per heavy atom. The van der Waals surface area contributed by atoms with E-state index in [4.69, 9.17) is 4.74 Å². The maximum atomic E-state index is 12.5. The molecule has 4 rings (SSSR count). The fraction of sp³-hybridized carbons (Fsp3) is 0.348. The Bertz CT molecular complexity index is 908. The molecule has 2 aromatic carbocycles. The maximum Gasteiger partial charge on any atom is 0.261 e. The number of nitrogens with zero attached hydrogens (tertiary/aromatic N) is 3. The Hall–Kier alpha value is -2.62. The van der Waals surface area contributed by atoms with E-state index in [0.29, 0.717) is 24.2 Å². The Morgan fingerprint density at radius 3 is 2.16 bits per heavy atom. The molecule has 164 valence electrons. The van der Waals surface area contributed by atoms with Crippen LogP contribution in [0.5, 0.6) is 5.75 Å². The molecule has 2 aliphatic rings. The van der Waals surface area contributed by atoms with E-state index >= 15 is 0 Å². The number of rotatable bonds is 5. The zero-order valence-corrected chi connectivity index (χ0v) is 19.8. The van der Waals surface area contributed by atoms with Crippen LogP contribution < -0.4 is 10.1 Å². The lowest BCUT2D eigenvalue weighted by molar-refractivity contribution is 0.0656. The Labute approximate surface area is 199 Å². The van der Waals surface area contributed by atoms with Crippen molar-refractivity contribution in [3.05, 3.63) is 65.7 Å². The molecule has 0 aromatic heterocycles. The summed E-state index contributed by atoms with van der Waals surface area (Å²) in [6, 6.07) is 16.8. The molecular formula is C23H27IN4O3. The number of imide groups is 1. The third-order valence-electron chi connectivity index (χ3n) is 5.50. The van der Waals surface area contributed by atoms with Crippen LogP contribution in [-0.2, 0) is 0 Å². The second-order valence-electron chi connectivity index (χ2n) is 7.40. The number of hydrogen-bond acceptors (Lipinski definition) is 4. The van der Waals surface area contributed by atoms with Gasteiger partial charge in [-0.2, -0.15) is 0 Å². The maximum absolute atomic E-state index is 12.5. The summed E-state index contributed by atoms with van der Waals surface area (Å²) in [5, 5.41) is 3.29. The molecule has 2 aromatic rings. The molecular weight excluding hydrogens is 507 g/mol. The van der Waals surface area contributed by atoms with E-state index in [1.165, 1.54) is 4.90 Å². The highest BCUT2D eigenvalue weighted by molar-refractivity contribution is 14.0. The predicted octanol–water partition coefficient (Wildman–Crippen LogP) is 3.02. The van der Waals surface area contributed by atoms with Gasteiger partial charge in [-0.05, 0) is 24.3 Å². The number of halogens is 1. The molecule has 2 amide bonds. The van der Waals surface area contributed by atoms with Crippen molar-refractivity contribution in [2.24, 2.45) is 4.99 Å². The summed E-state index contributed by atoms with van der Waals surface area (Å²) in [6.45, 7) is 2.44. The summed E-state index contributed by atoms with van der Waals surface area (Å²) in [5.74, 6) is 1.22. The van der Waals surface area contributed by atoms with Gasteiger partial charge in [0.2, 0.25) is 0 Å². The van der Waals surface area contributed by atoms with E-state index in [9.17, 15) is 9.59 Å². The summed E-state index contributed by atoms with van der Waals surface area (Å²) < 4.78 is 6.05. The van der Waals surface area contributed by atoms with Crippen molar-refractivity contribution in [1.29, 1.82) is 0 Å². The first-order chi connectivity index (χ1) is 14.7. The van der Waals surface area contributed by atoms with E-state index in [1.807, 2.05) is 30.3 Å². The monoisotopic (exact) mass is 534 g/mol. The number of carbonyl (C=O) groups is 2. The lowest BCUT2D eigenvalue weighted by atomic mass is 10.1. The van der Waals surface area contributed by atoms with Crippen molar-refractivity contribution < 1.29 is 14.3 Å². The summed E-state index contributed by atoms with van der Waals surface area (Å²) in [6.07, 6.45) is 2.02. The van der Waals surface area contributed by atoms with Crippen LogP contribution in [0, 0.1) is 0 Å². The molecule has 8 heteroatoms. The lowest BCUT2D eigenvalue weighted by Gasteiger charge is -2.34. The van der Waals surface area contributed by atoms with Gasteiger partial charge in [0.1, 0.15) is 11.9 Å². The summed E-state index contributed by atoms with van der Waals surface area (Å²) in [7, 11) is 1.75. The molecule has 7 nitrogen and oxygen atoms in total. The largest absolute Gasteiger partial charge is 0.490 e. The van der Waals surface area contributed by atoms with Gasteiger partial charge in [0.05, 0.1) is 11.1 Å². The summed E-state index contributed by atoms with van der Waals surface area (Å²) in [4.78, 5) is 32.8. The van der Waals surface area contributed by atoms with Gasteiger partial charge < -0.3 is 15.0 Å². The first-order valence-corrected chi connectivity index (χ1v) is 10.3. The number of guanidine groups is 1. The van der Waals surface area contributed by atoms with Gasteiger partial charge in [-0.15, -0.1) is 24.0 Å². The number of hydrogen-bond donors (Lipinski definition) is 1. The van der Waals surface area contributed by atoms with Crippen LogP contribution in [0.25, 0.3) is 0 Å². The molecule has 31 heavy (non-hydrogen) atoms. The SMILES string of the molecule is CN=C(NCCN1C(=O)c2ccccc2C1=O)N1CCC(Oc2ccccc2)CC1.I. The number of piperidine rings is 1. The quantitative estimate of drug-likeness (QED) is 0.277. The van der Waals surface area contributed by atoms with Crippen LogP contribution in [0.4, 0.5) is 0 Å². The molecule has 0 spiro atoms. The molecule has 1 saturated heterocycles. The zero-order valence-electron chi connectivity index (χ0n) is 17.5. The van der Waals surface area contributed by atoms with Crippen LogP contribution in [0.15, 0.2) is 59.6 Å². The topological polar surface area (TPSA) is 74.2 Å². The average molecular weight is 534 g/mol. The lowest BCUT2D eigenvalue weighted by Crippen LogP contribution is -2.49. The molecule has 0 bridgehead atoms. The summed E-state index contributed by atoms with van der Waals surface area (Å²) >= 11 is 0. The van der Waals surface area contributed by atoms with Crippen molar-refractivity contribution in [3.63, 3.8) is 0 Å². The van der Waals surface area contributed by atoms with Gasteiger partial charge >= 0.3 is 0 Å². The number of benzene rings is 2. The van der Waals surface area contributed by atoms with E-state index in [0.717, 1.165) is 37.6 Å². The highest BCUT2D eigenvalue weighted by Crippen LogP contribution is 2.22. The molecule has 2 aliphatic heterocycles. The third kappa shape index (κ3) is 5.17. The van der Waals surface area contributed by atoms with Gasteiger partial charge in [-0.25, -0.2) is 0 Å². The van der Waals surface area contributed by atoms with Gasteiger partial charge in [0, 0.05) is 46.1 Å². The van der Waals surface area contributed by atoms with Crippen molar-refractivity contribution in [2.45, 2.75) is 18.9 Å². The van der Waals surface area contributed by atoms with Crippen molar-refractivity contribution in [2.75, 3.05) is 33.2 Å². The number of carbonyl (C=O) groups excluding carboxylic acids is 2. The van der Waals surface area contributed by atoms with E-state index in [-0.39, 0.29) is 41.9 Å². The minimum absolute atomic E-state index is 0. The standard InChI is InChI=1S/C23H26N4O3.HI/c1-24-23(26-14-11-18(12-15-26)30-17-7-3-2-4-8-17)25-13-16-27-21(28)19-9-5-6-10-20(19)22(27)29;/h2-10,18H,11-16H2,1H3,(H,24,25);1H. The van der Waals surface area contributed by atoms with Crippen LogP contribution in [0.3, 0.4) is 0 Å². The minimum Gasteiger partial charge on any atom is -0.490 e. The molecule has 1 N–H and O–H groups in total. The Kier molecular flexibility index (Phi) is 7.89. The second kappa shape index (κ2) is 10.6. The molecule has 0 unspecified atom stereocenters. The number of amides is 2. The highest BCUT2D eigenvalue weighted by Gasteiger charge is 2.34. The van der Waals surface area contributed by atoms with E-state index < -0.39 is 0 Å². The second-order valence-corrected chi connectivity index (χ2v) is 7.40. The zero-order chi connectivity index (χ0) is 20.9. The van der Waals surface area contributed by atoms with Crippen LogP contribution in [-0.4, -0.2) is 66.9 Å². The molecule has 0 atom stereocenters. The van der Waals surface area contributed by atoms with Gasteiger partial charge in [0.15, 0.2) is 5.96 Å². The number of fused-ring (bicyclic) bond motifs is 1. The molecule has 0 saturated carbocycles. The highest BCUT2D eigenvalue weighted by atomic mass is 127. The molecule has 2 heterocycles. The fourth-order valence-electron chi connectivity index (χ4n) is 3.93. The van der Waals surface area contributed by atoms with E-state index in [2.05, 4.69) is 15.2 Å². The number of likely N-dealkylation sites (tertiary alicyclic amines) is 1. The third-order valence-corrected chi connectivity index (χ3v) is 5.50. The van der Waals surface area contributed by atoms with Crippen LogP contribution in [0.2, 0.25) is 0 Å². The normalized spacial score (nSPS) is 16.7. The fourth-order valence-corrected chi connectivity index (χ4v) is 3.93. The van der Waals surface area contributed by atoms with Gasteiger partial charge in [0.25, 0.3) is 11.8 Å². The molecule has 0 aliphatic carbocycles. The van der Waals surface area contributed by atoms with Gasteiger partial charge in [-0.3, -0.25) is 19.5 Å². The smallest absolute Gasteiger partial charge is 0.261 e. The first kappa shape index (κ1) is 23.1. The number of nitrogens with one attached hydrogen (secondary N) is 1. The molecule has 0 radical (unpaired) electrons. The predicted molar refractivity (Wildman–Crippen MR) is 130 cm³/mol. The minimum atomic E-state index is -0.230. The number of para-hydroxylation sites is 1. The summed E-state index contributed by atoms with van der Waals surface area (Å²) in [5.41, 5.74) is 0.958. The number of ether oxygens (including phenoxy) is 1. The first-order valence-electron chi connectivity index (χ1n) is 10.3. The van der Waals surface area contributed by atoms with Gasteiger partial charge in [-0.1, -0.05) is 30.3 Å². The molecule has 1 fully saturated rings.